The number of carbonyl (C=O) groups is 1. The molecule has 0 amide bonds. The van der Waals surface area contributed by atoms with Gasteiger partial charge in [0.1, 0.15) is 0 Å². The number of benzene rings is 2. The van der Waals surface area contributed by atoms with E-state index in [1.54, 1.807) is 0 Å². The maximum atomic E-state index is 12.5. The van der Waals surface area contributed by atoms with Crippen molar-refractivity contribution in [1.82, 2.24) is 0 Å². The zero-order chi connectivity index (χ0) is 20.0. The second-order valence-electron chi connectivity index (χ2n) is 7.23. The average Bonchev–Trinajstić information content (AvgIpc) is 2.74. The van der Waals surface area contributed by atoms with E-state index in [0.29, 0.717) is 6.61 Å². The van der Waals surface area contributed by atoms with Gasteiger partial charge in [-0.1, -0.05) is 99.7 Å². The zero-order valence-electron chi connectivity index (χ0n) is 16.8. The van der Waals surface area contributed by atoms with Crippen LogP contribution in [0.1, 0.15) is 74.8 Å². The topological polar surface area (TPSA) is 50.1 Å². The predicted molar refractivity (Wildman–Crippen MR) is 113 cm³/mol. The molecule has 0 spiro atoms. The van der Waals surface area contributed by atoms with Crippen molar-refractivity contribution >= 4 is 5.97 Å². The average molecular weight is 378 g/mol. The van der Waals surface area contributed by atoms with Crippen molar-refractivity contribution in [2.75, 3.05) is 6.61 Å². The molecule has 28 heavy (non-hydrogen) atoms. The van der Waals surface area contributed by atoms with Crippen LogP contribution in [0.25, 0.3) is 0 Å². The lowest BCUT2D eigenvalue weighted by Crippen LogP contribution is -2.17. The molecule has 3 nitrogen and oxygen atoms in total. The Morgan fingerprint density at radius 3 is 2.07 bits per heavy atom. The van der Waals surface area contributed by atoms with Crippen molar-refractivity contribution in [3.05, 3.63) is 71.8 Å². The van der Waals surface area contributed by atoms with E-state index >= 15 is 0 Å². The number of nitriles is 1. The largest absolute Gasteiger partial charge is 0.466 e. The summed E-state index contributed by atoms with van der Waals surface area (Å²) < 4.78 is 5.48. The zero-order valence-corrected chi connectivity index (χ0v) is 16.8. The maximum absolute atomic E-state index is 12.5. The molecule has 2 unspecified atom stereocenters. The number of carbonyl (C=O) groups excluding carboxylic acids is 1. The van der Waals surface area contributed by atoms with Gasteiger partial charge in [-0.15, -0.1) is 0 Å². The summed E-state index contributed by atoms with van der Waals surface area (Å²) in [6, 6.07) is 21.9. The van der Waals surface area contributed by atoms with Crippen molar-refractivity contribution in [2.24, 2.45) is 0 Å². The van der Waals surface area contributed by atoms with Crippen LogP contribution in [-0.2, 0) is 9.53 Å². The Balaban J connectivity index is 1.97. The maximum Gasteiger partial charge on any atom is 0.306 e. The third-order valence-electron chi connectivity index (χ3n) is 5.08. The molecule has 0 aliphatic rings. The minimum absolute atomic E-state index is 0.215. The minimum atomic E-state index is -0.384. The van der Waals surface area contributed by atoms with Crippen molar-refractivity contribution < 1.29 is 9.53 Å². The summed E-state index contributed by atoms with van der Waals surface area (Å²) in [6.07, 6.45) is 7.17. The third-order valence-corrected chi connectivity index (χ3v) is 5.08. The Morgan fingerprint density at radius 2 is 1.46 bits per heavy atom. The molecular weight excluding hydrogens is 346 g/mol. The number of esters is 1. The Kier molecular flexibility index (Phi) is 9.86. The van der Waals surface area contributed by atoms with E-state index in [1.807, 2.05) is 60.7 Å². The van der Waals surface area contributed by atoms with Crippen molar-refractivity contribution in [1.29, 1.82) is 5.26 Å². The first-order valence-electron chi connectivity index (χ1n) is 10.4. The third kappa shape index (κ3) is 7.19. The molecule has 2 atom stereocenters. The molecule has 2 aromatic rings. The first-order chi connectivity index (χ1) is 13.8. The molecule has 3 heteroatoms. The van der Waals surface area contributed by atoms with Gasteiger partial charge in [0.15, 0.2) is 0 Å². The number of unbranched alkanes of at least 4 members (excludes halogenated alkanes) is 5. The second kappa shape index (κ2) is 12.7. The monoisotopic (exact) mass is 377 g/mol. The molecule has 0 fully saturated rings. The first kappa shape index (κ1) is 21.7. The number of rotatable bonds is 12. The lowest BCUT2D eigenvalue weighted by Gasteiger charge is -2.22. The van der Waals surface area contributed by atoms with Gasteiger partial charge in [0.05, 0.1) is 25.0 Å². The summed E-state index contributed by atoms with van der Waals surface area (Å²) in [7, 11) is 0. The highest BCUT2D eigenvalue weighted by Gasteiger charge is 2.27. The van der Waals surface area contributed by atoms with Gasteiger partial charge in [0, 0.05) is 5.92 Å². The Morgan fingerprint density at radius 1 is 0.893 bits per heavy atom. The SMILES string of the molecule is CCCCCCCCOC(=O)CC(c1ccccc1)C(C#N)c1ccccc1. The molecule has 0 aromatic heterocycles. The van der Waals surface area contributed by atoms with Crippen LogP contribution in [0.4, 0.5) is 0 Å². The summed E-state index contributed by atoms with van der Waals surface area (Å²) in [5, 5.41) is 9.84. The molecule has 0 N–H and O–H groups in total. The van der Waals surface area contributed by atoms with Crippen molar-refractivity contribution in [3.63, 3.8) is 0 Å². The Bertz CT molecular complexity index is 721. The standard InChI is InChI=1S/C25H31NO2/c1-2-3-4-5-6-13-18-28-25(27)19-23(21-14-9-7-10-15-21)24(20-26)22-16-11-8-12-17-22/h7-12,14-17,23-24H,2-6,13,18-19H2,1H3. The first-order valence-corrected chi connectivity index (χ1v) is 10.4. The van der Waals surface area contributed by atoms with Crippen LogP contribution < -0.4 is 0 Å². The molecule has 0 saturated heterocycles. The van der Waals surface area contributed by atoms with Crippen LogP contribution >= 0.6 is 0 Å². The fraction of sp³-hybridized carbons (Fsp3) is 0.440. The highest BCUT2D eigenvalue weighted by atomic mass is 16.5. The van der Waals surface area contributed by atoms with E-state index in [2.05, 4.69) is 13.0 Å². The van der Waals surface area contributed by atoms with Crippen LogP contribution in [0.3, 0.4) is 0 Å². The van der Waals surface area contributed by atoms with Gasteiger partial charge in [-0.2, -0.15) is 5.26 Å². The van der Waals surface area contributed by atoms with Gasteiger partial charge in [0.2, 0.25) is 0 Å². The van der Waals surface area contributed by atoms with Crippen LogP contribution in [0.5, 0.6) is 0 Å². The molecular formula is C25H31NO2. The summed E-state index contributed by atoms with van der Waals surface area (Å²) in [6.45, 7) is 2.67. The molecule has 2 rings (SSSR count). The van der Waals surface area contributed by atoms with Gasteiger partial charge < -0.3 is 4.74 Å². The predicted octanol–water partition coefficient (Wildman–Crippen LogP) is 6.37. The molecule has 148 valence electrons. The highest BCUT2D eigenvalue weighted by Crippen LogP contribution is 2.35. The number of hydrogen-bond donors (Lipinski definition) is 0. The molecule has 2 aromatic carbocycles. The lowest BCUT2D eigenvalue weighted by molar-refractivity contribution is -0.144. The van der Waals surface area contributed by atoms with Crippen molar-refractivity contribution in [3.8, 4) is 6.07 Å². The minimum Gasteiger partial charge on any atom is -0.466 e. The molecule has 0 aliphatic heterocycles. The second-order valence-corrected chi connectivity index (χ2v) is 7.23. The van der Waals surface area contributed by atoms with E-state index in [-0.39, 0.29) is 24.2 Å². The molecule has 0 heterocycles. The Hall–Kier alpha value is -2.60. The quantitative estimate of drug-likeness (QED) is 0.319. The Labute approximate surface area is 169 Å². The lowest BCUT2D eigenvalue weighted by atomic mass is 9.80. The van der Waals surface area contributed by atoms with Gasteiger partial charge in [-0.25, -0.2) is 0 Å². The van der Waals surface area contributed by atoms with Gasteiger partial charge in [-0.05, 0) is 17.5 Å². The normalized spacial score (nSPS) is 12.7. The van der Waals surface area contributed by atoms with Crippen LogP contribution in [-0.4, -0.2) is 12.6 Å². The van der Waals surface area contributed by atoms with Crippen LogP contribution in [0, 0.1) is 11.3 Å². The van der Waals surface area contributed by atoms with E-state index in [4.69, 9.17) is 4.74 Å². The fourth-order valence-corrected chi connectivity index (χ4v) is 3.49. The van der Waals surface area contributed by atoms with Crippen LogP contribution in [0.15, 0.2) is 60.7 Å². The highest BCUT2D eigenvalue weighted by molar-refractivity contribution is 5.71. The van der Waals surface area contributed by atoms with Crippen LogP contribution in [0.2, 0.25) is 0 Å². The van der Waals surface area contributed by atoms with E-state index < -0.39 is 0 Å². The molecule has 0 radical (unpaired) electrons. The van der Waals surface area contributed by atoms with E-state index in [0.717, 1.165) is 24.0 Å². The molecule has 0 bridgehead atoms. The fourth-order valence-electron chi connectivity index (χ4n) is 3.49. The van der Waals surface area contributed by atoms with Crippen molar-refractivity contribution in [2.45, 2.75) is 63.7 Å². The van der Waals surface area contributed by atoms with Gasteiger partial charge in [0.25, 0.3) is 0 Å². The van der Waals surface area contributed by atoms with E-state index in [1.165, 1.54) is 25.7 Å². The summed E-state index contributed by atoms with van der Waals surface area (Å²) in [5.74, 6) is -0.825. The number of nitrogens with zero attached hydrogens (tertiary/aromatic N) is 1. The smallest absolute Gasteiger partial charge is 0.306 e. The molecule has 0 aliphatic carbocycles. The molecule has 0 saturated carbocycles. The summed E-state index contributed by atoms with van der Waals surface area (Å²) in [4.78, 5) is 12.5. The number of ether oxygens (including phenoxy) is 1. The summed E-state index contributed by atoms with van der Waals surface area (Å²) in [5.41, 5.74) is 1.93. The van der Waals surface area contributed by atoms with E-state index in [9.17, 15) is 10.1 Å². The van der Waals surface area contributed by atoms with Gasteiger partial charge >= 0.3 is 5.97 Å². The number of hydrogen-bond acceptors (Lipinski definition) is 3. The van der Waals surface area contributed by atoms with Gasteiger partial charge in [-0.3, -0.25) is 4.79 Å². The summed E-state index contributed by atoms with van der Waals surface area (Å²) >= 11 is 0.